The van der Waals surface area contributed by atoms with Gasteiger partial charge in [0.15, 0.2) is 0 Å². The minimum Gasteiger partial charge on any atom is -0.490 e. The Bertz CT molecular complexity index is 940. The topological polar surface area (TPSA) is 51.7 Å². The summed E-state index contributed by atoms with van der Waals surface area (Å²) in [5.41, 5.74) is 0.237. The SMILES string of the molecule is CC(C)(C)OC(=O)N1CC[C@H]1COc1cncc(C#Cc2cc(F)cc(F)c2)c1. The molecule has 2 heterocycles. The van der Waals surface area contributed by atoms with E-state index in [-0.39, 0.29) is 17.7 Å². The molecule has 1 aliphatic heterocycles. The van der Waals surface area contributed by atoms with Crippen LogP contribution < -0.4 is 4.74 Å². The molecule has 152 valence electrons. The maximum atomic E-state index is 13.2. The maximum absolute atomic E-state index is 13.2. The summed E-state index contributed by atoms with van der Waals surface area (Å²) in [6, 6.07) is 4.74. The van der Waals surface area contributed by atoms with Gasteiger partial charge in [0.25, 0.3) is 0 Å². The van der Waals surface area contributed by atoms with Crippen molar-refractivity contribution in [3.05, 3.63) is 59.4 Å². The van der Waals surface area contributed by atoms with Gasteiger partial charge in [-0.3, -0.25) is 4.98 Å². The molecule has 0 unspecified atom stereocenters. The standard InChI is InChI=1S/C22H22F2N2O3/c1-22(2,3)29-21(27)26-7-6-19(26)14-28-20-10-16(12-25-13-20)5-4-15-8-17(23)11-18(24)9-15/h8-13,19H,6-7,14H2,1-3H3/t19-/m0/s1. The van der Waals surface area contributed by atoms with E-state index < -0.39 is 17.2 Å². The lowest BCUT2D eigenvalue weighted by Crippen LogP contribution is -2.55. The number of ether oxygens (including phenoxy) is 2. The Morgan fingerprint density at radius 1 is 1.14 bits per heavy atom. The molecule has 1 amide bonds. The Kier molecular flexibility index (Phi) is 6.02. The highest BCUT2D eigenvalue weighted by atomic mass is 19.1. The van der Waals surface area contributed by atoms with Gasteiger partial charge in [-0.1, -0.05) is 11.8 Å². The molecule has 1 aromatic heterocycles. The number of carbonyl (C=O) groups is 1. The first-order valence-corrected chi connectivity index (χ1v) is 9.25. The molecule has 1 aliphatic rings. The van der Waals surface area contributed by atoms with Crippen molar-refractivity contribution in [2.75, 3.05) is 13.2 Å². The first-order valence-electron chi connectivity index (χ1n) is 9.25. The van der Waals surface area contributed by atoms with Crippen LogP contribution in [0.2, 0.25) is 0 Å². The number of halogens is 2. The lowest BCUT2D eigenvalue weighted by atomic mass is 10.1. The van der Waals surface area contributed by atoms with Gasteiger partial charge >= 0.3 is 6.09 Å². The number of hydrogen-bond acceptors (Lipinski definition) is 4. The van der Waals surface area contributed by atoms with E-state index in [1.165, 1.54) is 6.20 Å². The van der Waals surface area contributed by atoms with Gasteiger partial charge < -0.3 is 14.4 Å². The van der Waals surface area contributed by atoms with Gasteiger partial charge in [0, 0.05) is 29.9 Å². The zero-order valence-corrected chi connectivity index (χ0v) is 16.5. The Labute approximate surface area is 168 Å². The molecule has 0 N–H and O–H groups in total. The van der Waals surface area contributed by atoms with Gasteiger partial charge in [-0.2, -0.15) is 0 Å². The monoisotopic (exact) mass is 400 g/mol. The minimum atomic E-state index is -0.681. The van der Waals surface area contributed by atoms with Crippen LogP contribution in [0, 0.1) is 23.5 Å². The third-order valence-corrected chi connectivity index (χ3v) is 4.14. The maximum Gasteiger partial charge on any atom is 0.410 e. The quantitative estimate of drug-likeness (QED) is 0.727. The fourth-order valence-electron chi connectivity index (χ4n) is 2.70. The first-order chi connectivity index (χ1) is 13.7. The van der Waals surface area contributed by atoms with Crippen LogP contribution in [0.15, 0.2) is 36.7 Å². The van der Waals surface area contributed by atoms with E-state index >= 15 is 0 Å². The second kappa shape index (κ2) is 8.48. The molecule has 1 aromatic carbocycles. The third kappa shape index (κ3) is 5.92. The molecule has 0 aliphatic carbocycles. The number of hydrogen-bond donors (Lipinski definition) is 0. The van der Waals surface area contributed by atoms with Crippen molar-refractivity contribution in [3.63, 3.8) is 0 Å². The minimum absolute atomic E-state index is 0.0603. The molecule has 0 spiro atoms. The molecule has 1 atom stereocenters. The fourth-order valence-corrected chi connectivity index (χ4v) is 2.70. The summed E-state index contributed by atoms with van der Waals surface area (Å²) in [6.45, 7) is 6.43. The summed E-state index contributed by atoms with van der Waals surface area (Å²) in [7, 11) is 0. The summed E-state index contributed by atoms with van der Waals surface area (Å²) >= 11 is 0. The number of pyridine rings is 1. The Morgan fingerprint density at radius 2 is 1.83 bits per heavy atom. The largest absolute Gasteiger partial charge is 0.490 e. The van der Waals surface area contributed by atoms with E-state index in [9.17, 15) is 13.6 Å². The van der Waals surface area contributed by atoms with Crippen molar-refractivity contribution in [1.29, 1.82) is 0 Å². The van der Waals surface area contributed by atoms with E-state index in [0.29, 0.717) is 24.5 Å². The van der Waals surface area contributed by atoms with Crippen LogP contribution in [0.3, 0.4) is 0 Å². The highest BCUT2D eigenvalue weighted by molar-refractivity contribution is 5.69. The second-order valence-electron chi connectivity index (χ2n) is 7.74. The van der Waals surface area contributed by atoms with Crippen molar-refractivity contribution in [2.45, 2.75) is 38.8 Å². The van der Waals surface area contributed by atoms with Crippen LogP contribution >= 0.6 is 0 Å². The van der Waals surface area contributed by atoms with Crippen LogP contribution in [0.5, 0.6) is 5.75 Å². The molecule has 3 rings (SSSR count). The van der Waals surface area contributed by atoms with Gasteiger partial charge in [0.2, 0.25) is 0 Å². The van der Waals surface area contributed by atoms with Crippen molar-refractivity contribution >= 4 is 6.09 Å². The van der Waals surface area contributed by atoms with Crippen molar-refractivity contribution in [3.8, 4) is 17.6 Å². The van der Waals surface area contributed by atoms with E-state index in [4.69, 9.17) is 9.47 Å². The number of carbonyl (C=O) groups excluding carboxylic acids is 1. The van der Waals surface area contributed by atoms with Crippen LogP contribution in [0.25, 0.3) is 0 Å². The fraction of sp³-hybridized carbons (Fsp3) is 0.364. The lowest BCUT2D eigenvalue weighted by molar-refractivity contribution is -0.0141. The average molecular weight is 400 g/mol. The lowest BCUT2D eigenvalue weighted by Gasteiger charge is -2.40. The van der Waals surface area contributed by atoms with Crippen LogP contribution in [0.4, 0.5) is 13.6 Å². The first kappa shape index (κ1) is 20.6. The summed E-state index contributed by atoms with van der Waals surface area (Å²) < 4.78 is 37.6. The number of aromatic nitrogens is 1. The summed E-state index contributed by atoms with van der Waals surface area (Å²) in [5, 5.41) is 0. The number of benzene rings is 1. The normalized spacial score (nSPS) is 15.8. The molecule has 29 heavy (non-hydrogen) atoms. The zero-order valence-electron chi connectivity index (χ0n) is 16.5. The van der Waals surface area contributed by atoms with E-state index in [1.54, 1.807) is 17.2 Å². The highest BCUT2D eigenvalue weighted by Crippen LogP contribution is 2.22. The van der Waals surface area contributed by atoms with Gasteiger partial charge in [-0.05, 0) is 45.4 Å². The molecule has 2 aromatic rings. The molecule has 0 saturated carbocycles. The van der Waals surface area contributed by atoms with Crippen LogP contribution in [0.1, 0.15) is 38.3 Å². The summed E-state index contributed by atoms with van der Waals surface area (Å²) in [4.78, 5) is 17.9. The molecule has 0 radical (unpaired) electrons. The third-order valence-electron chi connectivity index (χ3n) is 4.14. The molecule has 1 fully saturated rings. The van der Waals surface area contributed by atoms with E-state index in [1.807, 2.05) is 20.8 Å². The number of nitrogens with zero attached hydrogens (tertiary/aromatic N) is 2. The average Bonchev–Trinajstić information content (AvgIpc) is 2.57. The predicted molar refractivity (Wildman–Crippen MR) is 103 cm³/mol. The van der Waals surface area contributed by atoms with Crippen LogP contribution in [-0.4, -0.2) is 40.8 Å². The highest BCUT2D eigenvalue weighted by Gasteiger charge is 2.35. The smallest absolute Gasteiger partial charge is 0.410 e. The zero-order chi connectivity index (χ0) is 21.0. The summed E-state index contributed by atoms with van der Waals surface area (Å²) in [6.07, 6.45) is 3.56. The van der Waals surface area contributed by atoms with E-state index in [0.717, 1.165) is 24.6 Å². The summed E-state index contributed by atoms with van der Waals surface area (Å²) in [5.74, 6) is 4.66. The molecule has 0 bridgehead atoms. The molecular formula is C22H22F2N2O3. The molecular weight excluding hydrogens is 378 g/mol. The van der Waals surface area contributed by atoms with Crippen molar-refractivity contribution in [1.82, 2.24) is 9.88 Å². The Morgan fingerprint density at radius 3 is 2.45 bits per heavy atom. The van der Waals surface area contributed by atoms with Crippen LogP contribution in [-0.2, 0) is 4.74 Å². The van der Waals surface area contributed by atoms with Crippen molar-refractivity contribution < 1.29 is 23.0 Å². The predicted octanol–water partition coefficient (Wildman–Crippen LogP) is 4.15. The van der Waals surface area contributed by atoms with Gasteiger partial charge in [0.05, 0.1) is 12.2 Å². The van der Waals surface area contributed by atoms with E-state index in [2.05, 4.69) is 16.8 Å². The molecule has 5 nitrogen and oxygen atoms in total. The Balaban J connectivity index is 1.60. The van der Waals surface area contributed by atoms with Gasteiger partial charge in [0.1, 0.15) is 29.6 Å². The second-order valence-corrected chi connectivity index (χ2v) is 7.74. The van der Waals surface area contributed by atoms with Gasteiger partial charge in [-0.15, -0.1) is 0 Å². The van der Waals surface area contributed by atoms with Gasteiger partial charge in [-0.25, -0.2) is 13.6 Å². The molecule has 7 heteroatoms. The number of amides is 1. The van der Waals surface area contributed by atoms with Crippen molar-refractivity contribution in [2.24, 2.45) is 0 Å². The number of rotatable bonds is 3. The number of likely N-dealkylation sites (tertiary alicyclic amines) is 1. The molecule has 1 saturated heterocycles. The Hall–Kier alpha value is -3.14.